The highest BCUT2D eigenvalue weighted by Crippen LogP contribution is 2.33. The SMILES string of the molecule is COc1ncc(Cl)cc1S(=O)(=O)Nc1ccc(F)c(-c2cc3cnc([S+](C)[O-])nc3n3cnnc23)c1. The molecule has 0 bridgehead atoms. The topological polar surface area (TPSA) is 147 Å². The summed E-state index contributed by atoms with van der Waals surface area (Å²) in [6.45, 7) is 0. The van der Waals surface area contributed by atoms with E-state index in [1.165, 1.54) is 54.7 Å². The lowest BCUT2D eigenvalue weighted by Crippen LogP contribution is -2.15. The third kappa shape index (κ3) is 4.28. The number of fused-ring (bicyclic) bond motifs is 3. The first-order valence-electron chi connectivity index (χ1n) is 10.0. The van der Waals surface area contributed by atoms with Gasteiger partial charge >= 0.3 is 5.16 Å². The molecule has 0 saturated heterocycles. The Morgan fingerprint density at radius 3 is 2.69 bits per heavy atom. The summed E-state index contributed by atoms with van der Waals surface area (Å²) in [5.74, 6) is -0.780. The van der Waals surface area contributed by atoms with Crippen LogP contribution in [0, 0.1) is 5.82 Å². The van der Waals surface area contributed by atoms with E-state index in [-0.39, 0.29) is 37.9 Å². The molecule has 0 saturated carbocycles. The number of hydrogen-bond acceptors (Lipinski definition) is 9. The van der Waals surface area contributed by atoms with Gasteiger partial charge in [-0.05, 0) is 30.3 Å². The first-order chi connectivity index (χ1) is 17.2. The van der Waals surface area contributed by atoms with Crippen molar-refractivity contribution in [3.63, 3.8) is 0 Å². The van der Waals surface area contributed by atoms with Gasteiger partial charge in [0.25, 0.3) is 10.0 Å². The minimum Gasteiger partial charge on any atom is -0.609 e. The lowest BCUT2D eigenvalue weighted by molar-refractivity contribution is 0.385. The number of rotatable bonds is 6. The van der Waals surface area contributed by atoms with Crippen molar-refractivity contribution in [1.82, 2.24) is 29.5 Å². The van der Waals surface area contributed by atoms with Gasteiger partial charge in [-0.3, -0.25) is 9.12 Å². The van der Waals surface area contributed by atoms with Crippen LogP contribution >= 0.6 is 11.6 Å². The van der Waals surface area contributed by atoms with E-state index < -0.39 is 27.0 Å². The molecular formula is C21H15ClFN7O4S2. The number of halogens is 2. The van der Waals surface area contributed by atoms with Crippen LogP contribution in [0.3, 0.4) is 0 Å². The Morgan fingerprint density at radius 1 is 1.14 bits per heavy atom. The van der Waals surface area contributed by atoms with E-state index in [9.17, 15) is 13.0 Å². The van der Waals surface area contributed by atoms with Gasteiger partial charge in [0.1, 0.15) is 18.4 Å². The Kier molecular flexibility index (Phi) is 6.12. The first-order valence-corrected chi connectivity index (χ1v) is 13.4. The van der Waals surface area contributed by atoms with Crippen molar-refractivity contribution in [3.8, 4) is 17.0 Å². The van der Waals surface area contributed by atoms with Crippen molar-refractivity contribution in [3.05, 3.63) is 59.9 Å². The number of hydrogen-bond donors (Lipinski definition) is 1. The molecule has 4 aromatic heterocycles. The first kappa shape index (κ1) is 24.1. The van der Waals surface area contributed by atoms with E-state index in [0.717, 1.165) is 6.07 Å². The maximum absolute atomic E-state index is 15.0. The molecule has 0 aliphatic rings. The summed E-state index contributed by atoms with van der Waals surface area (Å²) in [5.41, 5.74) is 1.08. The van der Waals surface area contributed by atoms with Crippen molar-refractivity contribution in [2.75, 3.05) is 18.1 Å². The number of nitrogens with zero attached hydrogens (tertiary/aromatic N) is 6. The molecule has 0 amide bonds. The standard InChI is InChI=1S/C21H15ClFN7O4S2/c1-34-20-17(6-12(22)9-24-20)36(32,33)29-13-3-4-16(23)14(7-13)15-5-11-8-25-21(35(2)31)27-18(11)30-10-26-28-19(15)30/h3-10,29H,1-2H3. The number of methoxy groups -OCH3 is 1. The van der Waals surface area contributed by atoms with Gasteiger partial charge in [-0.25, -0.2) is 17.8 Å². The quantitative estimate of drug-likeness (QED) is 0.250. The molecule has 5 rings (SSSR count). The molecule has 1 atom stereocenters. The van der Waals surface area contributed by atoms with Gasteiger partial charge in [0.2, 0.25) is 5.88 Å². The number of pyridine rings is 2. The van der Waals surface area contributed by atoms with E-state index in [2.05, 4.69) is 29.9 Å². The fourth-order valence-corrected chi connectivity index (χ4v) is 5.38. The zero-order chi connectivity index (χ0) is 25.6. The maximum atomic E-state index is 15.0. The molecule has 0 spiro atoms. The largest absolute Gasteiger partial charge is 0.609 e. The molecule has 0 aliphatic carbocycles. The van der Waals surface area contributed by atoms with Crippen LogP contribution in [0.1, 0.15) is 0 Å². The average Bonchev–Trinajstić information content (AvgIpc) is 3.35. The van der Waals surface area contributed by atoms with Crippen LogP contribution in [0.2, 0.25) is 5.02 Å². The molecule has 15 heteroatoms. The Bertz CT molecular complexity index is 1750. The summed E-state index contributed by atoms with van der Waals surface area (Å²) < 4.78 is 61.9. The fourth-order valence-electron chi connectivity index (χ4n) is 3.55. The second kappa shape index (κ2) is 9.13. The van der Waals surface area contributed by atoms with Crippen molar-refractivity contribution < 1.29 is 22.1 Å². The Hall–Kier alpha value is -3.59. The smallest absolute Gasteiger partial charge is 0.344 e. The summed E-state index contributed by atoms with van der Waals surface area (Å²) in [4.78, 5) is 12.0. The monoisotopic (exact) mass is 547 g/mol. The van der Waals surface area contributed by atoms with Crippen LogP contribution in [0.5, 0.6) is 5.88 Å². The number of aromatic nitrogens is 6. The van der Waals surface area contributed by atoms with Crippen molar-refractivity contribution >= 4 is 55.2 Å². The molecule has 36 heavy (non-hydrogen) atoms. The van der Waals surface area contributed by atoms with Gasteiger partial charge in [0.05, 0.1) is 12.1 Å². The molecular weight excluding hydrogens is 533 g/mol. The molecule has 1 N–H and O–H groups in total. The number of ether oxygens (including phenoxy) is 1. The Labute approximate surface area is 211 Å². The van der Waals surface area contributed by atoms with E-state index in [1.54, 1.807) is 6.07 Å². The Balaban J connectivity index is 1.62. The van der Waals surface area contributed by atoms with Gasteiger partial charge in [-0.2, -0.15) is 9.97 Å². The Morgan fingerprint density at radius 2 is 1.94 bits per heavy atom. The molecule has 11 nitrogen and oxygen atoms in total. The molecule has 0 aliphatic heterocycles. The lowest BCUT2D eigenvalue weighted by atomic mass is 10.0. The molecule has 4 heterocycles. The van der Waals surface area contributed by atoms with E-state index in [4.69, 9.17) is 16.3 Å². The zero-order valence-electron chi connectivity index (χ0n) is 18.5. The average molecular weight is 548 g/mol. The van der Waals surface area contributed by atoms with Gasteiger partial charge in [-0.15, -0.1) is 10.2 Å². The molecule has 0 fully saturated rings. The van der Waals surface area contributed by atoms with Crippen LogP contribution in [0.25, 0.3) is 27.8 Å². The highest BCUT2D eigenvalue weighted by molar-refractivity contribution is 7.92. The fraction of sp³-hybridized carbons (Fsp3) is 0.0952. The van der Waals surface area contributed by atoms with Crippen molar-refractivity contribution in [2.45, 2.75) is 10.1 Å². The molecule has 1 aromatic carbocycles. The van der Waals surface area contributed by atoms with Gasteiger partial charge in [-0.1, -0.05) is 11.6 Å². The van der Waals surface area contributed by atoms with E-state index >= 15 is 4.39 Å². The number of sulfonamides is 1. The minimum atomic E-state index is -4.20. The highest BCUT2D eigenvalue weighted by Gasteiger charge is 2.23. The number of benzene rings is 1. The van der Waals surface area contributed by atoms with Crippen LogP contribution in [-0.4, -0.2) is 55.9 Å². The predicted molar refractivity (Wildman–Crippen MR) is 130 cm³/mol. The highest BCUT2D eigenvalue weighted by atomic mass is 35.5. The van der Waals surface area contributed by atoms with Crippen LogP contribution in [-0.2, 0) is 21.2 Å². The minimum absolute atomic E-state index is 0.0504. The van der Waals surface area contributed by atoms with Crippen molar-refractivity contribution in [2.24, 2.45) is 0 Å². The maximum Gasteiger partial charge on any atom is 0.344 e. The van der Waals surface area contributed by atoms with Gasteiger partial charge in [0.15, 0.2) is 16.2 Å². The second-order valence-corrected chi connectivity index (χ2v) is 10.8. The van der Waals surface area contributed by atoms with Gasteiger partial charge < -0.3 is 9.29 Å². The van der Waals surface area contributed by atoms with E-state index in [1.807, 2.05) is 0 Å². The summed E-state index contributed by atoms with van der Waals surface area (Å²) in [6.07, 6.45) is 5.56. The third-order valence-corrected chi connectivity index (χ3v) is 7.42. The summed E-state index contributed by atoms with van der Waals surface area (Å²) in [7, 11) is -2.92. The second-order valence-electron chi connectivity index (χ2n) is 7.43. The molecule has 5 aromatic rings. The molecule has 1 unspecified atom stereocenters. The normalized spacial score (nSPS) is 12.7. The van der Waals surface area contributed by atoms with Crippen LogP contribution < -0.4 is 9.46 Å². The molecule has 0 radical (unpaired) electrons. The predicted octanol–water partition coefficient (Wildman–Crippen LogP) is 3.07. The lowest BCUT2D eigenvalue weighted by Gasteiger charge is -2.13. The number of nitrogens with one attached hydrogen (secondary N) is 1. The summed E-state index contributed by atoms with van der Waals surface area (Å²) in [6, 6.07) is 6.51. The van der Waals surface area contributed by atoms with Crippen LogP contribution in [0.4, 0.5) is 10.1 Å². The van der Waals surface area contributed by atoms with Crippen LogP contribution in [0.15, 0.2) is 59.1 Å². The molecule has 184 valence electrons. The third-order valence-electron chi connectivity index (χ3n) is 5.12. The van der Waals surface area contributed by atoms with Gasteiger partial charge in [0, 0.05) is 45.8 Å². The van der Waals surface area contributed by atoms with Crippen molar-refractivity contribution in [1.29, 1.82) is 0 Å². The number of anilines is 1. The zero-order valence-corrected chi connectivity index (χ0v) is 20.9. The summed E-state index contributed by atoms with van der Waals surface area (Å²) in [5, 5.41) is 8.70. The summed E-state index contributed by atoms with van der Waals surface area (Å²) >= 11 is 4.51. The van der Waals surface area contributed by atoms with E-state index in [0.29, 0.717) is 16.6 Å².